The summed E-state index contributed by atoms with van der Waals surface area (Å²) in [5, 5.41) is -0.165. The maximum atomic E-state index is 13.6. The van der Waals surface area contributed by atoms with E-state index in [2.05, 4.69) is 9.62 Å². The van der Waals surface area contributed by atoms with E-state index in [4.69, 9.17) is 25.8 Å². The Morgan fingerprint density at radius 1 is 1.12 bits per heavy atom. The van der Waals surface area contributed by atoms with Gasteiger partial charge in [0.2, 0.25) is 15.9 Å². The van der Waals surface area contributed by atoms with Gasteiger partial charge in [-0.25, -0.2) is 13.1 Å². The van der Waals surface area contributed by atoms with Crippen LogP contribution in [0.25, 0.3) is 0 Å². The maximum Gasteiger partial charge on any atom is 0.264 e. The van der Waals surface area contributed by atoms with Gasteiger partial charge >= 0.3 is 0 Å². The van der Waals surface area contributed by atoms with Gasteiger partial charge in [-0.05, 0) is 105 Å². The van der Waals surface area contributed by atoms with Crippen molar-refractivity contribution >= 4 is 39.1 Å². The van der Waals surface area contributed by atoms with Crippen LogP contribution >= 0.6 is 11.6 Å². The topological polar surface area (TPSA) is 114 Å². The lowest BCUT2D eigenvalue weighted by molar-refractivity contribution is -0.142. The fourth-order valence-corrected chi connectivity index (χ4v) is 8.86. The molecule has 0 spiro atoms. The van der Waals surface area contributed by atoms with Crippen LogP contribution < -0.4 is 14.4 Å². The molecule has 1 N–H and O–H groups in total. The number of hydrogen-bond donors (Lipinski definition) is 1. The molecule has 1 aliphatic carbocycles. The van der Waals surface area contributed by atoms with Crippen molar-refractivity contribution in [3.8, 4) is 5.75 Å². The van der Waals surface area contributed by atoms with Crippen LogP contribution in [0.4, 0.5) is 5.69 Å². The molecule has 0 aromatic heterocycles. The quantitative estimate of drug-likeness (QED) is 0.360. The number of rotatable bonds is 6. The van der Waals surface area contributed by atoms with Gasteiger partial charge in [0.1, 0.15) is 12.4 Å². The highest BCUT2D eigenvalue weighted by atomic mass is 35.5. The fraction of sp³-hybridized carbons (Fsp3) is 0.579. The predicted molar refractivity (Wildman–Crippen MR) is 196 cm³/mol. The van der Waals surface area contributed by atoms with Gasteiger partial charge in [-0.1, -0.05) is 36.7 Å². The largest absolute Gasteiger partial charge is 0.487 e. The molecule has 0 unspecified atom stereocenters. The lowest BCUT2D eigenvalue weighted by Crippen LogP contribution is -2.53. The molecule has 5 rings (SSSR count). The third-order valence-corrected chi connectivity index (χ3v) is 13.2. The summed E-state index contributed by atoms with van der Waals surface area (Å²) in [5.41, 5.74) is 2.30. The zero-order valence-electron chi connectivity index (χ0n) is 30.0. The molecule has 2 aliphatic heterocycles. The molecule has 1 fully saturated rings. The van der Waals surface area contributed by atoms with Crippen LogP contribution in [0.1, 0.15) is 73.9 Å². The molecule has 5 atom stereocenters. The van der Waals surface area contributed by atoms with Crippen LogP contribution in [0, 0.1) is 17.8 Å². The fourth-order valence-electron chi connectivity index (χ4n) is 7.38. The standard InChI is InChI=1S/C38H52ClN3O7S/c1-26-9-8-17-38(48-5,23-36(43)41(3)19-20-47-4)33-15-12-30(33)24-42-18-7-6-10-28-21-32(39)14-11-31(28)25-49-35-16-13-29(22-34(35)42)37(44)40-50(45,46)27(26)2/h8,11,13-14,16-17,21-22,26-27,30,33H,6-7,9-10,12,15,18-20,23-25H2,1-5H3,(H,40,44)/b17-8+/t26-,27+,30-,33+,38+/m0/s1. The van der Waals surface area contributed by atoms with E-state index in [1.807, 2.05) is 37.3 Å². The molecular formula is C38H52ClN3O7S. The molecular weight excluding hydrogens is 678 g/mol. The van der Waals surface area contributed by atoms with Crippen molar-refractivity contribution < 1.29 is 32.2 Å². The molecule has 2 aromatic rings. The van der Waals surface area contributed by atoms with Gasteiger partial charge in [0.25, 0.3) is 5.91 Å². The Balaban J connectivity index is 1.57. The summed E-state index contributed by atoms with van der Waals surface area (Å²) in [6.45, 7) is 6.05. The van der Waals surface area contributed by atoms with Crippen molar-refractivity contribution in [1.82, 2.24) is 9.62 Å². The Labute approximate surface area is 302 Å². The number of sulfonamides is 1. The summed E-state index contributed by atoms with van der Waals surface area (Å²) >= 11 is 6.37. The van der Waals surface area contributed by atoms with Crippen molar-refractivity contribution in [2.75, 3.05) is 52.4 Å². The van der Waals surface area contributed by atoms with E-state index < -0.39 is 26.8 Å². The van der Waals surface area contributed by atoms with Crippen LogP contribution in [0.15, 0.2) is 48.6 Å². The lowest BCUT2D eigenvalue weighted by Gasteiger charge is -2.50. The minimum atomic E-state index is -4.01. The summed E-state index contributed by atoms with van der Waals surface area (Å²) in [7, 11) is 1.05. The first-order valence-corrected chi connectivity index (χ1v) is 19.6. The number of carbonyl (C=O) groups excluding carboxylic acids is 2. The number of aryl methyl sites for hydroxylation is 1. The molecule has 10 nitrogen and oxygen atoms in total. The van der Waals surface area contributed by atoms with Gasteiger partial charge in [-0.15, -0.1) is 0 Å². The molecule has 0 radical (unpaired) electrons. The number of hydrogen-bond acceptors (Lipinski definition) is 8. The third-order valence-electron chi connectivity index (χ3n) is 11.0. The average Bonchev–Trinajstić information content (AvgIpc) is 3.10. The summed E-state index contributed by atoms with van der Waals surface area (Å²) in [6.07, 6.45) is 9.04. The zero-order valence-corrected chi connectivity index (χ0v) is 31.5. The number of fused-ring (bicyclic) bond motifs is 3. The van der Waals surface area contributed by atoms with E-state index >= 15 is 0 Å². The van der Waals surface area contributed by atoms with E-state index in [0.29, 0.717) is 50.0 Å². The second kappa shape index (κ2) is 16.5. The number of allylic oxidation sites excluding steroid dienone is 1. The molecule has 2 heterocycles. The normalized spacial score (nSPS) is 27.6. The van der Waals surface area contributed by atoms with E-state index in [0.717, 1.165) is 48.9 Å². The second-order valence-corrected chi connectivity index (χ2v) is 16.6. The van der Waals surface area contributed by atoms with Gasteiger partial charge < -0.3 is 24.0 Å². The Morgan fingerprint density at radius 3 is 2.64 bits per heavy atom. The van der Waals surface area contributed by atoms with Crippen LogP contribution in [0.5, 0.6) is 5.75 Å². The molecule has 50 heavy (non-hydrogen) atoms. The van der Waals surface area contributed by atoms with E-state index in [-0.39, 0.29) is 35.6 Å². The number of methoxy groups -OCH3 is 2. The Morgan fingerprint density at radius 2 is 1.92 bits per heavy atom. The van der Waals surface area contributed by atoms with Crippen molar-refractivity contribution in [3.05, 3.63) is 70.3 Å². The van der Waals surface area contributed by atoms with Gasteiger partial charge in [0.05, 0.1) is 29.6 Å². The van der Waals surface area contributed by atoms with E-state index in [1.54, 1.807) is 51.3 Å². The summed E-state index contributed by atoms with van der Waals surface area (Å²) < 4.78 is 47.4. The number of nitrogens with one attached hydrogen (secondary N) is 1. The molecule has 12 heteroatoms. The van der Waals surface area contributed by atoms with Crippen molar-refractivity contribution in [2.24, 2.45) is 17.8 Å². The molecule has 2 amide bonds. The summed E-state index contributed by atoms with van der Waals surface area (Å²) in [5.74, 6) is -0.191. The Hall–Kier alpha value is -3.12. The number of halogens is 1. The van der Waals surface area contributed by atoms with Gasteiger partial charge in [-0.3, -0.25) is 9.59 Å². The minimum absolute atomic E-state index is 0.0355. The van der Waals surface area contributed by atoms with E-state index in [9.17, 15) is 18.0 Å². The molecule has 274 valence electrons. The highest BCUT2D eigenvalue weighted by Gasteiger charge is 2.48. The molecule has 1 saturated carbocycles. The van der Waals surface area contributed by atoms with Gasteiger partial charge in [0, 0.05) is 51.5 Å². The maximum absolute atomic E-state index is 13.6. The Kier molecular flexibility index (Phi) is 12.6. The average molecular weight is 730 g/mol. The first kappa shape index (κ1) is 38.1. The third kappa shape index (κ3) is 8.66. The van der Waals surface area contributed by atoms with Crippen LogP contribution in [-0.2, 0) is 37.3 Å². The number of carbonyl (C=O) groups is 2. The first-order valence-electron chi connectivity index (χ1n) is 17.7. The number of ether oxygens (including phenoxy) is 3. The number of nitrogens with zero attached hydrogens (tertiary/aromatic N) is 2. The number of anilines is 1. The van der Waals surface area contributed by atoms with Crippen molar-refractivity contribution in [2.45, 2.75) is 76.3 Å². The van der Waals surface area contributed by atoms with Gasteiger partial charge in [-0.2, -0.15) is 0 Å². The highest BCUT2D eigenvalue weighted by molar-refractivity contribution is 7.90. The smallest absolute Gasteiger partial charge is 0.264 e. The second-order valence-electron chi connectivity index (χ2n) is 14.2. The van der Waals surface area contributed by atoms with Crippen LogP contribution in [-0.4, -0.2) is 83.5 Å². The van der Waals surface area contributed by atoms with Crippen molar-refractivity contribution in [3.63, 3.8) is 0 Å². The number of amides is 2. The van der Waals surface area contributed by atoms with Crippen LogP contribution in [0.3, 0.4) is 0 Å². The molecule has 3 aliphatic rings. The van der Waals surface area contributed by atoms with Crippen molar-refractivity contribution in [1.29, 1.82) is 0 Å². The predicted octanol–water partition coefficient (Wildman–Crippen LogP) is 6.01. The number of likely N-dealkylation sites (N-methyl/N-ethyl adjacent to an activating group) is 1. The minimum Gasteiger partial charge on any atom is -0.487 e. The van der Waals surface area contributed by atoms with Gasteiger partial charge in [0.15, 0.2) is 0 Å². The summed E-state index contributed by atoms with van der Waals surface area (Å²) in [6, 6.07) is 11.0. The molecule has 0 saturated heterocycles. The van der Waals surface area contributed by atoms with E-state index in [1.165, 1.54) is 0 Å². The lowest BCUT2D eigenvalue weighted by atomic mass is 9.63. The Bertz CT molecular complexity index is 1670. The zero-order chi connectivity index (χ0) is 36.1. The SMILES string of the molecule is COCCN(C)C(=O)C[C@]1(OC)/C=C/C[C@H](C)[C@@H](C)S(=O)(=O)NC(=O)c2ccc3c(c2)N(CCCCc2cc(Cl)ccc2CO3)C[C@@H]2CC[C@H]21. The number of benzene rings is 2. The molecule has 2 aromatic carbocycles. The van der Waals surface area contributed by atoms with Crippen LogP contribution in [0.2, 0.25) is 5.02 Å². The highest BCUT2D eigenvalue weighted by Crippen LogP contribution is 2.48. The molecule has 2 bridgehead atoms. The summed E-state index contributed by atoms with van der Waals surface area (Å²) in [4.78, 5) is 31.1. The monoisotopic (exact) mass is 729 g/mol. The first-order chi connectivity index (χ1) is 23.9.